The Morgan fingerprint density at radius 2 is 1.50 bits per heavy atom. The van der Waals surface area contributed by atoms with Crippen LogP contribution in [0, 0.1) is 0 Å². The van der Waals surface area contributed by atoms with Crippen LogP contribution in [0.1, 0.15) is 45.4 Å². The van der Waals surface area contributed by atoms with E-state index in [1.165, 1.54) is 38.5 Å². The second-order valence-electron chi connectivity index (χ2n) is 7.70. The zero-order valence-corrected chi connectivity index (χ0v) is 16.9. The molecule has 0 amide bonds. The minimum absolute atomic E-state index is 0.125. The van der Waals surface area contributed by atoms with Gasteiger partial charge in [0.25, 0.3) is 0 Å². The lowest BCUT2D eigenvalue weighted by atomic mass is 10.1. The molecule has 152 valence electrons. The van der Waals surface area contributed by atoms with Crippen LogP contribution in [-0.4, -0.2) is 65.9 Å². The van der Waals surface area contributed by atoms with E-state index in [0.29, 0.717) is 12.6 Å². The summed E-state index contributed by atoms with van der Waals surface area (Å²) in [6.07, 6.45) is 8.78. The highest BCUT2D eigenvalue weighted by Crippen LogP contribution is 2.32. The standard InChI is InChI=1S/C20H30N6O2/c1-15(13-27-2)28-20-23-17-16(19(24-20)26-11-7-4-8-12-26)21-14-22-18(17)25-9-5-3-6-10-25/h14-15H,3-13H2,1-2H3. The van der Waals surface area contributed by atoms with E-state index < -0.39 is 0 Å². The van der Waals surface area contributed by atoms with Crippen LogP contribution < -0.4 is 14.5 Å². The predicted octanol–water partition coefficient (Wildman–Crippen LogP) is 2.81. The number of nitrogens with zero attached hydrogens (tertiary/aromatic N) is 6. The number of rotatable bonds is 6. The van der Waals surface area contributed by atoms with Gasteiger partial charge in [-0.3, -0.25) is 0 Å². The van der Waals surface area contributed by atoms with Gasteiger partial charge in [0.1, 0.15) is 23.5 Å². The molecule has 1 unspecified atom stereocenters. The fourth-order valence-electron chi connectivity index (χ4n) is 4.06. The molecule has 4 heterocycles. The van der Waals surface area contributed by atoms with Crippen LogP contribution in [-0.2, 0) is 4.74 Å². The molecule has 28 heavy (non-hydrogen) atoms. The third kappa shape index (κ3) is 4.11. The lowest BCUT2D eigenvalue weighted by Gasteiger charge is -2.30. The smallest absolute Gasteiger partial charge is 0.319 e. The first-order valence-corrected chi connectivity index (χ1v) is 10.4. The molecule has 2 aromatic rings. The van der Waals surface area contributed by atoms with E-state index in [4.69, 9.17) is 19.4 Å². The number of ether oxygens (including phenoxy) is 2. The molecule has 4 rings (SSSR count). The molecule has 0 saturated carbocycles. The van der Waals surface area contributed by atoms with E-state index in [2.05, 4.69) is 19.8 Å². The number of hydrogen-bond donors (Lipinski definition) is 0. The Morgan fingerprint density at radius 1 is 0.857 bits per heavy atom. The van der Waals surface area contributed by atoms with Crippen molar-refractivity contribution in [2.45, 2.75) is 51.6 Å². The fourth-order valence-corrected chi connectivity index (χ4v) is 4.06. The molecule has 0 radical (unpaired) electrons. The van der Waals surface area contributed by atoms with Crippen molar-refractivity contribution in [1.82, 2.24) is 19.9 Å². The molecule has 0 bridgehead atoms. The fraction of sp³-hybridized carbons (Fsp3) is 0.700. The monoisotopic (exact) mass is 386 g/mol. The Kier molecular flexibility index (Phi) is 6.04. The van der Waals surface area contributed by atoms with Gasteiger partial charge in [-0.05, 0) is 45.4 Å². The molecule has 2 saturated heterocycles. The summed E-state index contributed by atoms with van der Waals surface area (Å²) in [5.74, 6) is 1.76. The molecule has 0 spiro atoms. The first-order valence-electron chi connectivity index (χ1n) is 10.4. The Bertz CT molecular complexity index is 790. The first kappa shape index (κ1) is 19.1. The van der Waals surface area contributed by atoms with Crippen molar-refractivity contribution in [3.63, 3.8) is 0 Å². The van der Waals surface area contributed by atoms with Crippen LogP contribution >= 0.6 is 0 Å². The highest BCUT2D eigenvalue weighted by atomic mass is 16.5. The lowest BCUT2D eigenvalue weighted by Crippen LogP contribution is -2.32. The van der Waals surface area contributed by atoms with E-state index in [-0.39, 0.29) is 6.10 Å². The average Bonchev–Trinajstić information content (AvgIpc) is 2.74. The molecule has 2 fully saturated rings. The largest absolute Gasteiger partial charge is 0.458 e. The number of methoxy groups -OCH3 is 1. The van der Waals surface area contributed by atoms with Crippen molar-refractivity contribution in [3.8, 4) is 6.01 Å². The van der Waals surface area contributed by atoms with Crippen molar-refractivity contribution in [2.24, 2.45) is 0 Å². The van der Waals surface area contributed by atoms with E-state index in [0.717, 1.165) is 48.8 Å². The Morgan fingerprint density at radius 3 is 2.14 bits per heavy atom. The minimum atomic E-state index is -0.125. The van der Waals surface area contributed by atoms with E-state index in [1.807, 2.05) is 6.92 Å². The van der Waals surface area contributed by atoms with Crippen molar-refractivity contribution >= 4 is 22.7 Å². The molecule has 8 heteroatoms. The molecule has 1 atom stereocenters. The lowest BCUT2D eigenvalue weighted by molar-refractivity contribution is 0.0858. The van der Waals surface area contributed by atoms with Crippen molar-refractivity contribution < 1.29 is 9.47 Å². The van der Waals surface area contributed by atoms with Gasteiger partial charge < -0.3 is 19.3 Å². The van der Waals surface area contributed by atoms with Gasteiger partial charge in [-0.15, -0.1) is 0 Å². The van der Waals surface area contributed by atoms with Crippen LogP contribution in [0.3, 0.4) is 0 Å². The summed E-state index contributed by atoms with van der Waals surface area (Å²) in [5, 5.41) is 0. The van der Waals surface area contributed by atoms with Crippen LogP contribution in [0.25, 0.3) is 11.0 Å². The summed E-state index contributed by atoms with van der Waals surface area (Å²) in [6, 6.07) is 0.380. The highest BCUT2D eigenvalue weighted by molar-refractivity contribution is 5.93. The molecule has 2 aliphatic rings. The molecular formula is C20H30N6O2. The third-order valence-corrected chi connectivity index (χ3v) is 5.44. The second kappa shape index (κ2) is 8.86. The number of hydrogen-bond acceptors (Lipinski definition) is 8. The number of fused-ring (bicyclic) bond motifs is 1. The maximum absolute atomic E-state index is 5.99. The molecule has 2 aromatic heterocycles. The van der Waals surface area contributed by atoms with Gasteiger partial charge in [-0.1, -0.05) is 0 Å². The normalized spacial score (nSPS) is 19.1. The summed E-state index contributed by atoms with van der Waals surface area (Å²) >= 11 is 0. The quantitative estimate of drug-likeness (QED) is 0.750. The van der Waals surface area contributed by atoms with Crippen LogP contribution in [0.2, 0.25) is 0 Å². The van der Waals surface area contributed by atoms with Gasteiger partial charge in [0, 0.05) is 33.3 Å². The van der Waals surface area contributed by atoms with Gasteiger partial charge in [0.15, 0.2) is 11.6 Å². The summed E-state index contributed by atoms with van der Waals surface area (Å²) < 4.78 is 11.2. The maximum atomic E-state index is 5.99. The second-order valence-corrected chi connectivity index (χ2v) is 7.70. The van der Waals surface area contributed by atoms with E-state index in [1.54, 1.807) is 13.4 Å². The van der Waals surface area contributed by atoms with E-state index in [9.17, 15) is 0 Å². The maximum Gasteiger partial charge on any atom is 0.319 e. The number of aromatic nitrogens is 4. The number of piperidine rings is 2. The van der Waals surface area contributed by atoms with Crippen LogP contribution in [0.5, 0.6) is 6.01 Å². The Labute approximate surface area is 166 Å². The summed E-state index contributed by atoms with van der Waals surface area (Å²) in [6.45, 7) is 6.44. The molecule has 2 aliphatic heterocycles. The first-order chi connectivity index (χ1) is 13.8. The topological polar surface area (TPSA) is 76.5 Å². The van der Waals surface area contributed by atoms with Gasteiger partial charge in [-0.2, -0.15) is 9.97 Å². The van der Waals surface area contributed by atoms with Crippen LogP contribution in [0.15, 0.2) is 6.33 Å². The minimum Gasteiger partial charge on any atom is -0.458 e. The summed E-state index contributed by atoms with van der Waals surface area (Å²) in [7, 11) is 1.67. The Hall–Kier alpha value is -2.22. The summed E-state index contributed by atoms with van der Waals surface area (Å²) in [5.41, 5.74) is 1.61. The third-order valence-electron chi connectivity index (χ3n) is 5.44. The predicted molar refractivity (Wildman–Crippen MR) is 109 cm³/mol. The number of anilines is 2. The van der Waals surface area contributed by atoms with Crippen molar-refractivity contribution in [3.05, 3.63) is 6.33 Å². The van der Waals surface area contributed by atoms with Gasteiger partial charge >= 0.3 is 6.01 Å². The van der Waals surface area contributed by atoms with Gasteiger partial charge in [0.05, 0.1) is 6.61 Å². The van der Waals surface area contributed by atoms with E-state index >= 15 is 0 Å². The highest BCUT2D eigenvalue weighted by Gasteiger charge is 2.24. The SMILES string of the molecule is COCC(C)Oc1nc(N2CCCCC2)c2ncnc(N3CCCCC3)c2n1. The van der Waals surface area contributed by atoms with Crippen molar-refractivity contribution in [2.75, 3.05) is 49.7 Å². The molecular weight excluding hydrogens is 356 g/mol. The molecule has 0 aromatic carbocycles. The Balaban J connectivity index is 1.78. The zero-order chi connectivity index (χ0) is 19.3. The zero-order valence-electron chi connectivity index (χ0n) is 16.9. The summed E-state index contributed by atoms with van der Waals surface area (Å²) in [4.78, 5) is 23.3. The molecule has 0 aliphatic carbocycles. The van der Waals surface area contributed by atoms with Gasteiger partial charge in [-0.25, -0.2) is 9.97 Å². The van der Waals surface area contributed by atoms with Gasteiger partial charge in [0.2, 0.25) is 0 Å². The van der Waals surface area contributed by atoms with Crippen LogP contribution in [0.4, 0.5) is 11.6 Å². The molecule has 0 N–H and O–H groups in total. The molecule has 8 nitrogen and oxygen atoms in total. The average molecular weight is 387 g/mol. The van der Waals surface area contributed by atoms with Crippen molar-refractivity contribution in [1.29, 1.82) is 0 Å².